The van der Waals surface area contributed by atoms with E-state index < -0.39 is 0 Å². The summed E-state index contributed by atoms with van der Waals surface area (Å²) < 4.78 is 18.6. The van der Waals surface area contributed by atoms with Gasteiger partial charge in [0.2, 0.25) is 5.82 Å². The molecule has 0 fully saturated rings. The fourth-order valence-electron chi connectivity index (χ4n) is 2.73. The normalized spacial score (nSPS) is 10.6. The molecule has 1 aromatic heterocycles. The van der Waals surface area contributed by atoms with Crippen LogP contribution >= 0.6 is 0 Å². The Morgan fingerprint density at radius 1 is 0.929 bits per heavy atom. The van der Waals surface area contributed by atoms with Gasteiger partial charge >= 0.3 is 0 Å². The molecule has 0 unspecified atom stereocenters. The molecule has 1 N–H and O–H groups in total. The van der Waals surface area contributed by atoms with E-state index in [-0.39, 0.29) is 17.6 Å². The van der Waals surface area contributed by atoms with Gasteiger partial charge in [-0.05, 0) is 35.9 Å². The number of benzene rings is 3. The first-order valence-electron chi connectivity index (χ1n) is 8.71. The average molecular weight is 373 g/mol. The first-order chi connectivity index (χ1) is 13.7. The van der Waals surface area contributed by atoms with Crippen LogP contribution in [0.15, 0.2) is 83.4 Å². The van der Waals surface area contributed by atoms with Crippen LogP contribution in [0.3, 0.4) is 0 Å². The molecule has 0 spiro atoms. The summed E-state index contributed by atoms with van der Waals surface area (Å²) in [5.41, 5.74) is 2.78. The van der Waals surface area contributed by atoms with Crippen LogP contribution in [-0.2, 0) is 6.54 Å². The number of rotatable bonds is 5. The van der Waals surface area contributed by atoms with Gasteiger partial charge in [-0.2, -0.15) is 4.98 Å². The number of aromatic nitrogens is 2. The first-order valence-corrected chi connectivity index (χ1v) is 8.71. The molecule has 4 rings (SSSR count). The number of carbonyl (C=O) groups is 1. The van der Waals surface area contributed by atoms with Crippen LogP contribution in [0.4, 0.5) is 4.39 Å². The largest absolute Gasteiger partial charge is 0.348 e. The van der Waals surface area contributed by atoms with Gasteiger partial charge in [-0.1, -0.05) is 53.7 Å². The Hall–Kier alpha value is -3.80. The lowest BCUT2D eigenvalue weighted by Crippen LogP contribution is -2.22. The monoisotopic (exact) mass is 373 g/mol. The summed E-state index contributed by atoms with van der Waals surface area (Å²) in [4.78, 5) is 16.6. The van der Waals surface area contributed by atoms with Gasteiger partial charge in [-0.3, -0.25) is 4.79 Å². The predicted molar refractivity (Wildman–Crippen MR) is 103 cm³/mol. The molecule has 0 radical (unpaired) electrons. The van der Waals surface area contributed by atoms with E-state index in [1.54, 1.807) is 36.4 Å². The van der Waals surface area contributed by atoms with Crippen molar-refractivity contribution in [3.63, 3.8) is 0 Å². The lowest BCUT2D eigenvalue weighted by molar-refractivity contribution is 0.0951. The number of nitrogens with zero attached hydrogens (tertiary/aromatic N) is 2. The van der Waals surface area contributed by atoms with Crippen molar-refractivity contribution < 1.29 is 13.7 Å². The predicted octanol–water partition coefficient (Wildman–Crippen LogP) is 4.47. The van der Waals surface area contributed by atoms with E-state index in [1.807, 2.05) is 30.3 Å². The Morgan fingerprint density at radius 3 is 2.46 bits per heavy atom. The molecule has 28 heavy (non-hydrogen) atoms. The van der Waals surface area contributed by atoms with Crippen molar-refractivity contribution in [1.29, 1.82) is 0 Å². The number of hydrogen-bond donors (Lipinski definition) is 1. The Balaban J connectivity index is 1.45. The van der Waals surface area contributed by atoms with Gasteiger partial charge in [-0.15, -0.1) is 0 Å². The molecule has 0 aliphatic carbocycles. The number of hydrogen-bond acceptors (Lipinski definition) is 4. The molecule has 0 saturated carbocycles. The minimum absolute atomic E-state index is 0.163. The quantitative estimate of drug-likeness (QED) is 0.560. The summed E-state index contributed by atoms with van der Waals surface area (Å²) in [6.45, 7) is 0.462. The van der Waals surface area contributed by atoms with Gasteiger partial charge < -0.3 is 9.84 Å². The van der Waals surface area contributed by atoms with Crippen molar-refractivity contribution in [1.82, 2.24) is 15.5 Å². The fourth-order valence-corrected chi connectivity index (χ4v) is 2.73. The minimum Gasteiger partial charge on any atom is -0.348 e. The molecule has 1 amide bonds. The van der Waals surface area contributed by atoms with Crippen molar-refractivity contribution in [2.75, 3.05) is 0 Å². The average Bonchev–Trinajstić information content (AvgIpc) is 3.23. The van der Waals surface area contributed by atoms with Crippen molar-refractivity contribution >= 4 is 5.91 Å². The maximum absolute atomic E-state index is 13.3. The molecule has 0 bridgehead atoms. The Bertz CT molecular complexity index is 1090. The van der Waals surface area contributed by atoms with Crippen LogP contribution < -0.4 is 5.32 Å². The maximum Gasteiger partial charge on any atom is 0.258 e. The number of amides is 1. The summed E-state index contributed by atoms with van der Waals surface area (Å²) in [6.07, 6.45) is 0. The number of carbonyl (C=O) groups excluding carboxylic acids is 1. The summed E-state index contributed by atoms with van der Waals surface area (Å²) in [5.74, 6) is 0.0711. The molecule has 138 valence electrons. The highest BCUT2D eigenvalue weighted by molar-refractivity contribution is 5.94. The highest BCUT2D eigenvalue weighted by Gasteiger charge is 2.12. The summed E-state index contributed by atoms with van der Waals surface area (Å²) in [5, 5.41) is 6.82. The smallest absolute Gasteiger partial charge is 0.258 e. The second-order valence-electron chi connectivity index (χ2n) is 6.18. The summed E-state index contributed by atoms with van der Waals surface area (Å²) in [7, 11) is 0. The van der Waals surface area contributed by atoms with Crippen LogP contribution in [0.5, 0.6) is 0 Å². The SMILES string of the molecule is O=C(NCc1ccccc1)c1ccc(-c2noc(-c3cccc(F)c3)n2)cc1. The molecule has 0 aliphatic rings. The highest BCUT2D eigenvalue weighted by Crippen LogP contribution is 2.23. The van der Waals surface area contributed by atoms with Crippen molar-refractivity contribution in [2.45, 2.75) is 6.54 Å². The van der Waals surface area contributed by atoms with Crippen LogP contribution in [-0.4, -0.2) is 16.0 Å². The van der Waals surface area contributed by atoms with Gasteiger partial charge in [0.05, 0.1) is 0 Å². The maximum atomic E-state index is 13.3. The van der Waals surface area contributed by atoms with Crippen LogP contribution in [0.25, 0.3) is 22.8 Å². The summed E-state index contributed by atoms with van der Waals surface area (Å²) in [6, 6.07) is 22.6. The zero-order valence-electron chi connectivity index (χ0n) is 14.8. The van der Waals surface area contributed by atoms with E-state index >= 15 is 0 Å². The zero-order chi connectivity index (χ0) is 19.3. The Morgan fingerprint density at radius 2 is 1.71 bits per heavy atom. The molecular weight excluding hydrogens is 357 g/mol. The zero-order valence-corrected chi connectivity index (χ0v) is 14.8. The fraction of sp³-hybridized carbons (Fsp3) is 0.0455. The van der Waals surface area contributed by atoms with Gasteiger partial charge in [-0.25, -0.2) is 4.39 Å². The van der Waals surface area contributed by atoms with Crippen LogP contribution in [0, 0.1) is 5.82 Å². The van der Waals surface area contributed by atoms with Gasteiger partial charge in [0.15, 0.2) is 0 Å². The third kappa shape index (κ3) is 3.96. The van der Waals surface area contributed by atoms with Crippen molar-refractivity contribution in [3.8, 4) is 22.8 Å². The van der Waals surface area contributed by atoms with E-state index in [2.05, 4.69) is 15.5 Å². The first kappa shape index (κ1) is 17.6. The molecule has 3 aromatic carbocycles. The number of halogens is 1. The van der Waals surface area contributed by atoms with Gasteiger partial charge in [0, 0.05) is 23.2 Å². The molecule has 1 heterocycles. The van der Waals surface area contributed by atoms with Crippen LogP contribution in [0.2, 0.25) is 0 Å². The molecule has 5 nitrogen and oxygen atoms in total. The van der Waals surface area contributed by atoms with Crippen molar-refractivity contribution in [3.05, 3.63) is 95.8 Å². The summed E-state index contributed by atoms with van der Waals surface area (Å²) >= 11 is 0. The molecule has 6 heteroatoms. The molecule has 0 saturated heterocycles. The third-order valence-corrected chi connectivity index (χ3v) is 4.20. The molecular formula is C22H16FN3O2. The van der Waals surface area contributed by atoms with Gasteiger partial charge in [0.25, 0.3) is 11.8 Å². The topological polar surface area (TPSA) is 68.0 Å². The van der Waals surface area contributed by atoms with E-state index in [4.69, 9.17) is 4.52 Å². The number of nitrogens with one attached hydrogen (secondary N) is 1. The second-order valence-corrected chi connectivity index (χ2v) is 6.18. The molecule has 4 aromatic rings. The van der Waals surface area contributed by atoms with E-state index in [0.717, 1.165) is 5.56 Å². The van der Waals surface area contributed by atoms with E-state index in [9.17, 15) is 9.18 Å². The molecule has 0 atom stereocenters. The minimum atomic E-state index is -0.372. The van der Waals surface area contributed by atoms with E-state index in [0.29, 0.717) is 29.1 Å². The van der Waals surface area contributed by atoms with Crippen LogP contribution in [0.1, 0.15) is 15.9 Å². The highest BCUT2D eigenvalue weighted by atomic mass is 19.1. The Kier molecular flexibility index (Phi) is 4.93. The third-order valence-electron chi connectivity index (χ3n) is 4.20. The second kappa shape index (κ2) is 7.84. The lowest BCUT2D eigenvalue weighted by atomic mass is 10.1. The molecule has 0 aliphatic heterocycles. The lowest BCUT2D eigenvalue weighted by Gasteiger charge is -2.05. The van der Waals surface area contributed by atoms with E-state index in [1.165, 1.54) is 12.1 Å². The van der Waals surface area contributed by atoms with Gasteiger partial charge in [0.1, 0.15) is 5.82 Å². The van der Waals surface area contributed by atoms with Crippen molar-refractivity contribution in [2.24, 2.45) is 0 Å². The standard InChI is InChI=1S/C22H16FN3O2/c23-19-8-4-7-18(13-19)22-25-20(26-28-22)16-9-11-17(12-10-16)21(27)24-14-15-5-2-1-3-6-15/h1-13H,14H2,(H,24,27). The Labute approximate surface area is 160 Å².